The lowest BCUT2D eigenvalue weighted by atomic mass is 10.4. The molecule has 0 spiro atoms. The molecular formula is C11H18F2N4. The average molecular weight is 244 g/mol. The Morgan fingerprint density at radius 2 is 2.06 bits per heavy atom. The van der Waals surface area contributed by atoms with Crippen molar-refractivity contribution in [2.24, 2.45) is 0 Å². The molecule has 0 aliphatic heterocycles. The van der Waals surface area contributed by atoms with Crippen LogP contribution < -0.4 is 10.2 Å². The highest BCUT2D eigenvalue weighted by molar-refractivity contribution is 5.49. The number of hydrogen-bond acceptors (Lipinski definition) is 4. The molecule has 1 N–H and O–H groups in total. The van der Waals surface area contributed by atoms with E-state index in [0.29, 0.717) is 23.9 Å². The van der Waals surface area contributed by atoms with Crippen LogP contribution in [0.1, 0.15) is 19.7 Å². The van der Waals surface area contributed by atoms with E-state index < -0.39 is 6.43 Å². The first-order valence-corrected chi connectivity index (χ1v) is 5.67. The Balaban J connectivity index is 2.93. The predicted molar refractivity (Wildman–Crippen MR) is 64.8 cm³/mol. The molecule has 0 amide bonds. The van der Waals surface area contributed by atoms with Crippen molar-refractivity contribution in [2.45, 2.75) is 26.7 Å². The number of nitrogens with zero attached hydrogens (tertiary/aromatic N) is 3. The van der Waals surface area contributed by atoms with Gasteiger partial charge in [-0.1, -0.05) is 6.92 Å². The van der Waals surface area contributed by atoms with Gasteiger partial charge in [0.15, 0.2) is 0 Å². The van der Waals surface area contributed by atoms with Gasteiger partial charge in [-0.2, -0.15) is 0 Å². The summed E-state index contributed by atoms with van der Waals surface area (Å²) >= 11 is 0. The van der Waals surface area contributed by atoms with Crippen LogP contribution >= 0.6 is 0 Å². The molecule has 6 heteroatoms. The predicted octanol–water partition coefficient (Wildman–Crippen LogP) is 2.17. The van der Waals surface area contributed by atoms with E-state index in [4.69, 9.17) is 0 Å². The van der Waals surface area contributed by atoms with E-state index in [2.05, 4.69) is 15.3 Å². The van der Waals surface area contributed by atoms with Gasteiger partial charge in [-0.3, -0.25) is 0 Å². The number of halogens is 2. The molecule has 1 aromatic heterocycles. The van der Waals surface area contributed by atoms with E-state index >= 15 is 0 Å². The average Bonchev–Trinajstić information content (AvgIpc) is 2.28. The minimum absolute atomic E-state index is 0.328. The number of alkyl halides is 2. The van der Waals surface area contributed by atoms with Crippen molar-refractivity contribution in [3.8, 4) is 0 Å². The standard InChI is InChI=1S/C11H18F2N4/c1-4-9-15-10(14-5-2)6-11(16-9)17(3)7-8(12)13/h6,8H,4-5,7H2,1-3H3,(H,14,15,16). The van der Waals surface area contributed by atoms with Crippen LogP contribution in [0.2, 0.25) is 0 Å². The molecule has 0 aliphatic rings. The lowest BCUT2D eigenvalue weighted by Gasteiger charge is -2.19. The Labute approximate surface area is 100 Å². The highest BCUT2D eigenvalue weighted by Gasteiger charge is 2.11. The fourth-order valence-corrected chi connectivity index (χ4v) is 1.41. The Morgan fingerprint density at radius 1 is 1.35 bits per heavy atom. The third-order valence-corrected chi connectivity index (χ3v) is 2.24. The zero-order valence-electron chi connectivity index (χ0n) is 10.4. The van der Waals surface area contributed by atoms with Gasteiger partial charge in [0.25, 0.3) is 6.43 Å². The highest BCUT2D eigenvalue weighted by Crippen LogP contribution is 2.16. The highest BCUT2D eigenvalue weighted by atomic mass is 19.3. The Bertz CT molecular complexity index is 357. The Hall–Kier alpha value is -1.46. The van der Waals surface area contributed by atoms with Gasteiger partial charge in [0.2, 0.25) is 0 Å². The second-order valence-electron chi connectivity index (χ2n) is 3.68. The quantitative estimate of drug-likeness (QED) is 0.832. The molecule has 17 heavy (non-hydrogen) atoms. The van der Waals surface area contributed by atoms with Crippen molar-refractivity contribution in [2.75, 3.05) is 30.4 Å². The van der Waals surface area contributed by atoms with Crippen LogP contribution in [0.25, 0.3) is 0 Å². The van der Waals surface area contributed by atoms with Crippen LogP contribution in [-0.2, 0) is 6.42 Å². The number of nitrogens with one attached hydrogen (secondary N) is 1. The van der Waals surface area contributed by atoms with E-state index in [9.17, 15) is 8.78 Å². The summed E-state index contributed by atoms with van der Waals surface area (Å²) in [5.41, 5.74) is 0. The van der Waals surface area contributed by atoms with Crippen molar-refractivity contribution in [1.29, 1.82) is 0 Å². The van der Waals surface area contributed by atoms with Crippen LogP contribution in [0, 0.1) is 0 Å². The molecule has 0 saturated carbocycles. The van der Waals surface area contributed by atoms with E-state index in [0.717, 1.165) is 6.54 Å². The molecule has 1 rings (SSSR count). The smallest absolute Gasteiger partial charge is 0.255 e. The van der Waals surface area contributed by atoms with Gasteiger partial charge in [-0.15, -0.1) is 0 Å². The summed E-state index contributed by atoms with van der Waals surface area (Å²) < 4.78 is 24.6. The first kappa shape index (κ1) is 13.6. The third kappa shape index (κ3) is 4.13. The van der Waals surface area contributed by atoms with Crippen LogP contribution in [0.3, 0.4) is 0 Å². The van der Waals surface area contributed by atoms with Crippen molar-refractivity contribution in [3.05, 3.63) is 11.9 Å². The number of rotatable bonds is 6. The van der Waals surface area contributed by atoms with Gasteiger partial charge in [-0.25, -0.2) is 18.7 Å². The molecule has 0 fully saturated rings. The van der Waals surface area contributed by atoms with Crippen LogP contribution in [0.4, 0.5) is 20.4 Å². The van der Waals surface area contributed by atoms with E-state index in [-0.39, 0.29) is 6.54 Å². The maximum atomic E-state index is 12.3. The lowest BCUT2D eigenvalue weighted by molar-refractivity contribution is 0.156. The molecule has 0 radical (unpaired) electrons. The molecule has 0 unspecified atom stereocenters. The molecule has 0 bridgehead atoms. The number of aromatic nitrogens is 2. The fourth-order valence-electron chi connectivity index (χ4n) is 1.41. The van der Waals surface area contributed by atoms with E-state index in [1.165, 1.54) is 4.90 Å². The van der Waals surface area contributed by atoms with E-state index in [1.807, 2.05) is 13.8 Å². The van der Waals surface area contributed by atoms with Crippen LogP contribution in [-0.4, -0.2) is 36.5 Å². The molecule has 96 valence electrons. The normalized spacial score (nSPS) is 10.7. The number of hydrogen-bond donors (Lipinski definition) is 1. The summed E-state index contributed by atoms with van der Waals surface area (Å²) in [7, 11) is 1.60. The largest absolute Gasteiger partial charge is 0.370 e. The van der Waals surface area contributed by atoms with Gasteiger partial charge >= 0.3 is 0 Å². The summed E-state index contributed by atoms with van der Waals surface area (Å²) in [6.45, 7) is 4.29. The molecular weight excluding hydrogens is 226 g/mol. The summed E-state index contributed by atoms with van der Waals surface area (Å²) in [5.74, 6) is 1.85. The molecule has 4 nitrogen and oxygen atoms in total. The van der Waals surface area contributed by atoms with Crippen molar-refractivity contribution >= 4 is 11.6 Å². The SMILES string of the molecule is CCNc1cc(N(C)CC(F)F)nc(CC)n1. The molecule has 1 heterocycles. The van der Waals surface area contributed by atoms with E-state index in [1.54, 1.807) is 13.1 Å². The minimum Gasteiger partial charge on any atom is -0.370 e. The van der Waals surface area contributed by atoms with Crippen molar-refractivity contribution in [1.82, 2.24) is 9.97 Å². The summed E-state index contributed by atoms with van der Waals surface area (Å²) in [4.78, 5) is 9.93. The Morgan fingerprint density at radius 3 is 2.59 bits per heavy atom. The van der Waals surface area contributed by atoms with Crippen LogP contribution in [0.5, 0.6) is 0 Å². The third-order valence-electron chi connectivity index (χ3n) is 2.24. The topological polar surface area (TPSA) is 41.0 Å². The summed E-state index contributed by atoms with van der Waals surface area (Å²) in [6, 6.07) is 1.69. The van der Waals surface area contributed by atoms with Crippen molar-refractivity contribution < 1.29 is 8.78 Å². The van der Waals surface area contributed by atoms with Gasteiger partial charge in [-0.05, 0) is 6.92 Å². The fraction of sp³-hybridized carbons (Fsp3) is 0.636. The zero-order chi connectivity index (χ0) is 12.8. The molecule has 0 atom stereocenters. The molecule has 0 aromatic carbocycles. The first-order valence-electron chi connectivity index (χ1n) is 5.67. The maximum absolute atomic E-state index is 12.3. The van der Waals surface area contributed by atoms with Gasteiger partial charge < -0.3 is 10.2 Å². The molecule has 0 aliphatic carbocycles. The second kappa shape index (κ2) is 6.32. The first-order chi connectivity index (χ1) is 8.06. The minimum atomic E-state index is -2.37. The molecule has 0 saturated heterocycles. The number of anilines is 2. The van der Waals surface area contributed by atoms with Gasteiger partial charge in [0, 0.05) is 26.1 Å². The van der Waals surface area contributed by atoms with Gasteiger partial charge in [0.05, 0.1) is 6.54 Å². The second-order valence-corrected chi connectivity index (χ2v) is 3.68. The molecule has 1 aromatic rings. The van der Waals surface area contributed by atoms with Crippen LogP contribution in [0.15, 0.2) is 6.07 Å². The lowest BCUT2D eigenvalue weighted by Crippen LogP contribution is -2.25. The monoisotopic (exact) mass is 244 g/mol. The maximum Gasteiger partial charge on any atom is 0.255 e. The van der Waals surface area contributed by atoms with Crippen molar-refractivity contribution in [3.63, 3.8) is 0 Å². The number of aryl methyl sites for hydroxylation is 1. The van der Waals surface area contributed by atoms with Gasteiger partial charge in [0.1, 0.15) is 17.5 Å². The summed E-state index contributed by atoms with van der Waals surface area (Å²) in [6.07, 6.45) is -1.70. The summed E-state index contributed by atoms with van der Waals surface area (Å²) in [5, 5.41) is 3.07. The zero-order valence-corrected chi connectivity index (χ0v) is 10.4. The Kier molecular flexibility index (Phi) is 5.06.